The number of para-hydroxylation sites is 1. The van der Waals surface area contributed by atoms with Crippen LogP contribution in [0.1, 0.15) is 21.1 Å². The van der Waals surface area contributed by atoms with Crippen LogP contribution < -0.4 is 0 Å². The zero-order valence-electron chi connectivity index (χ0n) is 12.0. The van der Waals surface area contributed by atoms with Gasteiger partial charge in [-0.25, -0.2) is 9.78 Å². The molecule has 0 amide bonds. The minimum atomic E-state index is -0.398. The number of methoxy groups -OCH3 is 1. The lowest BCUT2D eigenvalue weighted by atomic mass is 10.1. The van der Waals surface area contributed by atoms with Gasteiger partial charge in [-0.3, -0.25) is 4.98 Å². The molecule has 1 aromatic carbocycles. The van der Waals surface area contributed by atoms with Gasteiger partial charge in [-0.2, -0.15) is 0 Å². The second kappa shape index (κ2) is 5.26. The summed E-state index contributed by atoms with van der Waals surface area (Å²) in [5.74, 6) is -0.398. The summed E-state index contributed by atoms with van der Waals surface area (Å²) in [6.45, 7) is 3.83. The first-order valence-electron chi connectivity index (χ1n) is 6.52. The van der Waals surface area contributed by atoms with Crippen molar-refractivity contribution in [1.29, 1.82) is 0 Å². The van der Waals surface area contributed by atoms with E-state index >= 15 is 0 Å². The van der Waals surface area contributed by atoms with E-state index in [1.807, 2.05) is 44.2 Å². The van der Waals surface area contributed by atoms with E-state index in [-0.39, 0.29) is 0 Å². The van der Waals surface area contributed by atoms with Crippen molar-refractivity contribution >= 4 is 28.2 Å². The van der Waals surface area contributed by atoms with Crippen LogP contribution in [-0.2, 0) is 4.74 Å². The molecule has 0 aliphatic carbocycles. The third kappa shape index (κ3) is 2.40. The molecule has 4 nitrogen and oxygen atoms in total. The van der Waals surface area contributed by atoms with Crippen molar-refractivity contribution in [3.63, 3.8) is 0 Å². The van der Waals surface area contributed by atoms with E-state index in [2.05, 4.69) is 9.97 Å². The van der Waals surface area contributed by atoms with Crippen LogP contribution in [0.5, 0.6) is 0 Å². The number of fused-ring (bicyclic) bond motifs is 1. The van der Waals surface area contributed by atoms with Gasteiger partial charge in [0.25, 0.3) is 0 Å². The number of aryl methyl sites for hydroxylation is 2. The van der Waals surface area contributed by atoms with Crippen molar-refractivity contribution in [2.45, 2.75) is 13.8 Å². The number of benzene rings is 1. The van der Waals surface area contributed by atoms with E-state index in [1.54, 1.807) is 0 Å². The van der Waals surface area contributed by atoms with Gasteiger partial charge in [0.15, 0.2) is 5.69 Å². The van der Waals surface area contributed by atoms with Crippen LogP contribution in [0, 0.1) is 13.8 Å². The van der Waals surface area contributed by atoms with Gasteiger partial charge in [0, 0.05) is 21.5 Å². The first-order valence-corrected chi connectivity index (χ1v) is 7.34. The van der Waals surface area contributed by atoms with E-state index in [0.29, 0.717) is 5.69 Å². The quantitative estimate of drug-likeness (QED) is 0.676. The monoisotopic (exact) mass is 298 g/mol. The number of rotatable bonds is 2. The molecule has 3 rings (SSSR count). The first kappa shape index (κ1) is 13.7. The highest BCUT2D eigenvalue weighted by atomic mass is 32.1. The molecule has 0 unspecified atom stereocenters. The van der Waals surface area contributed by atoms with Gasteiger partial charge in [-0.1, -0.05) is 18.2 Å². The Labute approximate surface area is 126 Å². The molecular weight excluding hydrogens is 284 g/mol. The van der Waals surface area contributed by atoms with Gasteiger partial charge in [-0.05, 0) is 26.0 Å². The maximum atomic E-state index is 11.7. The molecule has 0 bridgehead atoms. The number of nitrogens with zero attached hydrogens (tertiary/aromatic N) is 2. The summed E-state index contributed by atoms with van der Waals surface area (Å²) in [7, 11) is 1.37. The molecule has 106 valence electrons. The highest BCUT2D eigenvalue weighted by Crippen LogP contribution is 2.33. The molecule has 0 saturated heterocycles. The molecule has 0 atom stereocenters. The Kier molecular flexibility index (Phi) is 3.43. The lowest BCUT2D eigenvalue weighted by Gasteiger charge is -2.04. The Morgan fingerprint density at radius 2 is 1.95 bits per heavy atom. The molecule has 0 aliphatic rings. The number of hydrogen-bond acceptors (Lipinski definition) is 5. The molecule has 2 aromatic heterocycles. The third-order valence-corrected chi connectivity index (χ3v) is 4.25. The Bertz CT molecular complexity index is 839. The molecule has 0 aliphatic heterocycles. The number of carbonyl (C=O) groups excluding carboxylic acids is 1. The molecular formula is C16H14N2O2S. The molecule has 3 aromatic rings. The molecule has 0 fully saturated rings. The van der Waals surface area contributed by atoms with Gasteiger partial charge in [0.05, 0.1) is 12.6 Å². The fraction of sp³-hybridized carbons (Fsp3) is 0.188. The average molecular weight is 298 g/mol. The second-order valence-corrected chi connectivity index (χ2v) is 5.95. The van der Waals surface area contributed by atoms with E-state index in [0.717, 1.165) is 32.0 Å². The molecule has 5 heteroatoms. The van der Waals surface area contributed by atoms with Crippen LogP contribution in [0.25, 0.3) is 21.5 Å². The average Bonchev–Trinajstić information content (AvgIpc) is 2.87. The predicted octanol–water partition coefficient (Wildman–Crippen LogP) is 3.76. The van der Waals surface area contributed by atoms with Crippen LogP contribution in [-0.4, -0.2) is 23.0 Å². The van der Waals surface area contributed by atoms with Crippen molar-refractivity contribution in [2.24, 2.45) is 0 Å². The minimum Gasteiger partial charge on any atom is -0.464 e. The molecule has 0 radical (unpaired) electrons. The minimum absolute atomic E-state index is 0.385. The van der Waals surface area contributed by atoms with Crippen molar-refractivity contribution < 1.29 is 9.53 Å². The summed E-state index contributed by atoms with van der Waals surface area (Å²) in [4.78, 5) is 21.6. The van der Waals surface area contributed by atoms with E-state index in [1.165, 1.54) is 18.4 Å². The number of carbonyl (C=O) groups is 1. The van der Waals surface area contributed by atoms with Crippen LogP contribution in [0.2, 0.25) is 0 Å². The Hall–Kier alpha value is -2.27. The standard InChI is InChI=1S/C16H14N2O2S/c1-9-8-12(11-6-4-5-7-13(11)17-9)15-18-14(10(2)21-15)16(19)20-3/h4-8H,1-3H3. The van der Waals surface area contributed by atoms with Crippen LogP contribution in [0.15, 0.2) is 30.3 Å². The topological polar surface area (TPSA) is 52.1 Å². The number of aromatic nitrogens is 2. The maximum absolute atomic E-state index is 11.7. The normalized spacial score (nSPS) is 10.8. The summed E-state index contributed by atoms with van der Waals surface area (Å²) >= 11 is 1.49. The SMILES string of the molecule is COC(=O)c1nc(-c2cc(C)nc3ccccc23)sc1C. The van der Waals surface area contributed by atoms with Crippen molar-refractivity contribution in [3.8, 4) is 10.6 Å². The lowest BCUT2D eigenvalue weighted by Crippen LogP contribution is -2.03. The Balaban J connectivity index is 2.23. The van der Waals surface area contributed by atoms with Gasteiger partial charge in [0.2, 0.25) is 0 Å². The number of thiazole rings is 1. The van der Waals surface area contributed by atoms with E-state index in [9.17, 15) is 4.79 Å². The van der Waals surface area contributed by atoms with E-state index < -0.39 is 5.97 Å². The Morgan fingerprint density at radius 3 is 2.71 bits per heavy atom. The third-order valence-electron chi connectivity index (χ3n) is 3.25. The van der Waals surface area contributed by atoms with Crippen molar-refractivity contribution in [2.75, 3.05) is 7.11 Å². The summed E-state index contributed by atoms with van der Waals surface area (Å²) in [6.07, 6.45) is 0. The maximum Gasteiger partial charge on any atom is 0.357 e. The van der Waals surface area contributed by atoms with Crippen LogP contribution in [0.3, 0.4) is 0 Å². The number of pyridine rings is 1. The summed E-state index contributed by atoms with van der Waals surface area (Å²) < 4.78 is 4.77. The van der Waals surface area contributed by atoms with Crippen molar-refractivity contribution in [1.82, 2.24) is 9.97 Å². The fourth-order valence-corrected chi connectivity index (χ4v) is 3.21. The number of esters is 1. The zero-order chi connectivity index (χ0) is 15.0. The fourth-order valence-electron chi connectivity index (χ4n) is 2.28. The van der Waals surface area contributed by atoms with Gasteiger partial charge < -0.3 is 4.74 Å². The molecule has 0 saturated carbocycles. The highest BCUT2D eigenvalue weighted by Gasteiger charge is 2.18. The van der Waals surface area contributed by atoms with E-state index in [4.69, 9.17) is 4.74 Å². The largest absolute Gasteiger partial charge is 0.464 e. The first-order chi connectivity index (χ1) is 10.1. The second-order valence-electron chi connectivity index (χ2n) is 4.74. The van der Waals surface area contributed by atoms with Gasteiger partial charge >= 0.3 is 5.97 Å². The predicted molar refractivity (Wildman–Crippen MR) is 83.7 cm³/mol. The number of ether oxygens (including phenoxy) is 1. The van der Waals surface area contributed by atoms with Gasteiger partial charge in [0.1, 0.15) is 5.01 Å². The van der Waals surface area contributed by atoms with Crippen LogP contribution >= 0.6 is 11.3 Å². The van der Waals surface area contributed by atoms with Crippen molar-refractivity contribution in [3.05, 3.63) is 46.6 Å². The molecule has 0 N–H and O–H groups in total. The molecule has 2 heterocycles. The summed E-state index contributed by atoms with van der Waals surface area (Å²) in [5, 5.41) is 1.85. The van der Waals surface area contributed by atoms with Gasteiger partial charge in [-0.15, -0.1) is 11.3 Å². The summed E-state index contributed by atoms with van der Waals surface area (Å²) in [6, 6.07) is 9.94. The highest BCUT2D eigenvalue weighted by molar-refractivity contribution is 7.15. The van der Waals surface area contributed by atoms with Crippen LogP contribution in [0.4, 0.5) is 0 Å². The number of hydrogen-bond donors (Lipinski definition) is 0. The zero-order valence-corrected chi connectivity index (χ0v) is 12.8. The Morgan fingerprint density at radius 1 is 1.19 bits per heavy atom. The smallest absolute Gasteiger partial charge is 0.357 e. The lowest BCUT2D eigenvalue weighted by molar-refractivity contribution is 0.0594. The molecule has 0 spiro atoms. The molecule has 21 heavy (non-hydrogen) atoms. The summed E-state index contributed by atoms with van der Waals surface area (Å²) in [5.41, 5.74) is 3.24.